The van der Waals surface area contributed by atoms with E-state index >= 15 is 0 Å². The Morgan fingerprint density at radius 1 is 1.09 bits per heavy atom. The van der Waals surface area contributed by atoms with Crippen molar-refractivity contribution in [2.75, 3.05) is 51.3 Å². The van der Waals surface area contributed by atoms with Crippen LogP contribution in [-0.2, 0) is 14.8 Å². The van der Waals surface area contributed by atoms with Gasteiger partial charge in [-0.3, -0.25) is 4.79 Å². The lowest BCUT2D eigenvalue weighted by atomic mass is 9.96. The molecule has 0 radical (unpaired) electrons. The minimum Gasteiger partial charge on any atom is -0.497 e. The SMILES string of the molecule is COc1cccc(N2CCN(C(=O)C3CCN(S(=O)(=O)c4c(C)noc4C)CC3)CC2)c1. The lowest BCUT2D eigenvalue weighted by Crippen LogP contribution is -2.52. The smallest absolute Gasteiger partial charge is 0.248 e. The van der Waals surface area contributed by atoms with Crippen molar-refractivity contribution in [1.29, 1.82) is 0 Å². The predicted molar refractivity (Wildman–Crippen MR) is 119 cm³/mol. The molecule has 10 heteroatoms. The van der Waals surface area contributed by atoms with E-state index in [1.54, 1.807) is 21.0 Å². The molecule has 0 aliphatic carbocycles. The Morgan fingerprint density at radius 3 is 2.38 bits per heavy atom. The van der Waals surface area contributed by atoms with Crippen molar-refractivity contribution < 1.29 is 22.5 Å². The third-order valence-electron chi connectivity index (χ3n) is 6.38. The fourth-order valence-corrected chi connectivity index (χ4v) is 6.33. The van der Waals surface area contributed by atoms with Crippen LogP contribution in [0, 0.1) is 19.8 Å². The van der Waals surface area contributed by atoms with Crippen molar-refractivity contribution in [3.05, 3.63) is 35.7 Å². The van der Waals surface area contributed by atoms with Crippen molar-refractivity contribution in [2.45, 2.75) is 31.6 Å². The first kappa shape index (κ1) is 22.6. The number of amides is 1. The zero-order valence-corrected chi connectivity index (χ0v) is 19.6. The number of benzene rings is 1. The van der Waals surface area contributed by atoms with Crippen LogP contribution >= 0.6 is 0 Å². The quantitative estimate of drug-likeness (QED) is 0.671. The van der Waals surface area contributed by atoms with Crippen LogP contribution in [-0.4, -0.2) is 75.1 Å². The average molecular weight is 463 g/mol. The van der Waals surface area contributed by atoms with Crippen LogP contribution in [0.15, 0.2) is 33.7 Å². The number of anilines is 1. The first-order valence-corrected chi connectivity index (χ1v) is 12.4. The highest BCUT2D eigenvalue weighted by molar-refractivity contribution is 7.89. The molecule has 1 amide bonds. The van der Waals surface area contributed by atoms with Gasteiger partial charge >= 0.3 is 0 Å². The van der Waals surface area contributed by atoms with E-state index in [9.17, 15) is 13.2 Å². The highest BCUT2D eigenvalue weighted by atomic mass is 32.2. The van der Waals surface area contributed by atoms with E-state index in [1.165, 1.54) is 4.31 Å². The zero-order chi connectivity index (χ0) is 22.9. The summed E-state index contributed by atoms with van der Waals surface area (Å²) in [5.74, 6) is 1.10. The Balaban J connectivity index is 1.32. The maximum atomic E-state index is 13.1. The van der Waals surface area contributed by atoms with Gasteiger partial charge in [0.2, 0.25) is 15.9 Å². The molecule has 32 heavy (non-hydrogen) atoms. The predicted octanol–water partition coefficient (Wildman–Crippen LogP) is 2.05. The summed E-state index contributed by atoms with van der Waals surface area (Å²) >= 11 is 0. The largest absolute Gasteiger partial charge is 0.497 e. The summed E-state index contributed by atoms with van der Waals surface area (Å²) in [6.45, 7) is 6.73. The highest BCUT2D eigenvalue weighted by Crippen LogP contribution is 2.29. The number of aryl methyl sites for hydroxylation is 2. The number of methoxy groups -OCH3 is 1. The summed E-state index contributed by atoms with van der Waals surface area (Å²) in [7, 11) is -2.01. The molecule has 174 valence electrons. The number of piperidine rings is 1. The molecule has 2 saturated heterocycles. The fourth-order valence-electron chi connectivity index (χ4n) is 4.57. The van der Waals surface area contributed by atoms with Crippen molar-refractivity contribution in [2.24, 2.45) is 5.92 Å². The van der Waals surface area contributed by atoms with E-state index in [2.05, 4.69) is 16.1 Å². The van der Waals surface area contributed by atoms with Gasteiger partial charge in [-0.25, -0.2) is 8.42 Å². The molecule has 1 aromatic carbocycles. The van der Waals surface area contributed by atoms with E-state index in [-0.39, 0.29) is 16.7 Å². The van der Waals surface area contributed by atoms with Crippen molar-refractivity contribution in [1.82, 2.24) is 14.4 Å². The molecule has 1 aromatic heterocycles. The molecule has 0 spiro atoms. The van der Waals surface area contributed by atoms with E-state index in [4.69, 9.17) is 9.26 Å². The first-order chi connectivity index (χ1) is 15.3. The molecular weight excluding hydrogens is 432 g/mol. The number of sulfonamides is 1. The Kier molecular flexibility index (Phi) is 6.43. The van der Waals surface area contributed by atoms with E-state index in [1.807, 2.05) is 23.1 Å². The molecule has 3 heterocycles. The van der Waals surface area contributed by atoms with Gasteiger partial charge in [-0.2, -0.15) is 4.31 Å². The van der Waals surface area contributed by atoms with Gasteiger partial charge < -0.3 is 19.1 Å². The van der Waals surface area contributed by atoms with Gasteiger partial charge in [-0.1, -0.05) is 11.2 Å². The second-order valence-electron chi connectivity index (χ2n) is 8.35. The molecule has 0 bridgehead atoms. The molecule has 0 N–H and O–H groups in total. The minimum absolute atomic E-state index is 0.129. The van der Waals surface area contributed by atoms with Crippen LogP contribution in [0.4, 0.5) is 5.69 Å². The van der Waals surface area contributed by atoms with Gasteiger partial charge in [0.1, 0.15) is 16.3 Å². The summed E-state index contributed by atoms with van der Waals surface area (Å²) < 4.78 is 37.8. The van der Waals surface area contributed by atoms with Gasteiger partial charge in [0.25, 0.3) is 0 Å². The minimum atomic E-state index is -3.66. The summed E-state index contributed by atoms with van der Waals surface area (Å²) in [6.07, 6.45) is 1.05. The number of hydrogen-bond donors (Lipinski definition) is 0. The molecule has 9 nitrogen and oxygen atoms in total. The van der Waals surface area contributed by atoms with Crippen LogP contribution in [0.3, 0.4) is 0 Å². The Hall–Kier alpha value is -2.59. The monoisotopic (exact) mass is 462 g/mol. The Labute approximate surface area is 189 Å². The topological polar surface area (TPSA) is 96.2 Å². The summed E-state index contributed by atoms with van der Waals surface area (Å²) in [5.41, 5.74) is 1.46. The van der Waals surface area contributed by atoms with Crippen molar-refractivity contribution in [3.8, 4) is 5.75 Å². The molecule has 0 saturated carbocycles. The van der Waals surface area contributed by atoms with Crippen molar-refractivity contribution >= 4 is 21.6 Å². The molecule has 0 atom stereocenters. The Morgan fingerprint density at radius 2 is 1.78 bits per heavy atom. The number of hydrogen-bond acceptors (Lipinski definition) is 7. The summed E-state index contributed by atoms with van der Waals surface area (Å²) in [4.78, 5) is 17.4. The second-order valence-corrected chi connectivity index (χ2v) is 10.2. The van der Waals surface area contributed by atoms with E-state index < -0.39 is 10.0 Å². The number of rotatable bonds is 5. The molecule has 2 fully saturated rings. The standard InChI is InChI=1S/C22H30N4O5S/c1-16-21(17(2)31-23-16)32(28,29)26-9-7-18(8-10-26)22(27)25-13-11-24(12-14-25)19-5-4-6-20(15-19)30-3/h4-6,15,18H,7-14H2,1-3H3. The fraction of sp³-hybridized carbons (Fsp3) is 0.545. The first-order valence-electron chi connectivity index (χ1n) is 10.9. The number of piperazine rings is 1. The van der Waals surface area contributed by atoms with Crippen LogP contribution in [0.2, 0.25) is 0 Å². The van der Waals surface area contributed by atoms with Crippen LogP contribution in [0.5, 0.6) is 5.75 Å². The van der Waals surface area contributed by atoms with Gasteiger partial charge in [0.05, 0.1) is 7.11 Å². The van der Waals surface area contributed by atoms with Crippen molar-refractivity contribution in [3.63, 3.8) is 0 Å². The summed E-state index contributed by atoms with van der Waals surface area (Å²) in [5, 5.41) is 3.77. The van der Waals surface area contributed by atoms with Gasteiger partial charge in [-0.15, -0.1) is 0 Å². The molecule has 2 aliphatic heterocycles. The van der Waals surface area contributed by atoms with Gasteiger partial charge in [0, 0.05) is 56.9 Å². The molecule has 0 unspecified atom stereocenters. The average Bonchev–Trinajstić information content (AvgIpc) is 3.17. The maximum Gasteiger partial charge on any atom is 0.248 e. The maximum absolute atomic E-state index is 13.1. The Bertz CT molecular complexity index is 1050. The zero-order valence-electron chi connectivity index (χ0n) is 18.8. The molecule has 2 aromatic rings. The molecular formula is C22H30N4O5S. The molecule has 2 aliphatic rings. The number of nitrogens with zero attached hydrogens (tertiary/aromatic N) is 4. The van der Waals surface area contributed by atoms with E-state index in [0.717, 1.165) is 24.5 Å². The lowest BCUT2D eigenvalue weighted by Gasteiger charge is -2.39. The number of aromatic nitrogens is 1. The van der Waals surface area contributed by atoms with E-state index in [0.29, 0.717) is 50.5 Å². The third kappa shape index (κ3) is 4.33. The second kappa shape index (κ2) is 9.11. The number of ether oxygens (including phenoxy) is 1. The lowest BCUT2D eigenvalue weighted by molar-refractivity contribution is -0.137. The van der Waals surface area contributed by atoms with Crippen LogP contribution in [0.1, 0.15) is 24.3 Å². The molecule has 4 rings (SSSR count). The third-order valence-corrected chi connectivity index (χ3v) is 8.52. The normalized spacial score (nSPS) is 18.7. The van der Waals surface area contributed by atoms with Gasteiger partial charge in [-0.05, 0) is 38.8 Å². The highest BCUT2D eigenvalue weighted by Gasteiger charge is 2.37. The van der Waals surface area contributed by atoms with Crippen LogP contribution in [0.25, 0.3) is 0 Å². The van der Waals surface area contributed by atoms with Gasteiger partial charge in [0.15, 0.2) is 5.76 Å². The number of carbonyl (C=O) groups excluding carboxylic acids is 1. The number of carbonyl (C=O) groups is 1. The van der Waals surface area contributed by atoms with Crippen LogP contribution < -0.4 is 9.64 Å². The summed E-state index contributed by atoms with van der Waals surface area (Å²) in [6, 6.07) is 7.94.